The molecule has 1 saturated carbocycles. The van der Waals surface area contributed by atoms with E-state index in [0.29, 0.717) is 11.4 Å². The fourth-order valence-corrected chi connectivity index (χ4v) is 2.77. The molecule has 21 heavy (non-hydrogen) atoms. The number of amides is 1. The average Bonchev–Trinajstić information content (AvgIpc) is 2.82. The van der Waals surface area contributed by atoms with Gasteiger partial charge in [0.15, 0.2) is 0 Å². The summed E-state index contributed by atoms with van der Waals surface area (Å²) in [5.41, 5.74) is 6.69. The minimum atomic E-state index is -0.714. The summed E-state index contributed by atoms with van der Waals surface area (Å²) in [6.07, 6.45) is 2.87. The van der Waals surface area contributed by atoms with Gasteiger partial charge in [-0.05, 0) is 36.5 Å². The molecule has 6 heteroatoms. The highest BCUT2D eigenvalue weighted by molar-refractivity contribution is 6.30. The van der Waals surface area contributed by atoms with Crippen molar-refractivity contribution in [3.05, 3.63) is 34.9 Å². The molecule has 1 fully saturated rings. The summed E-state index contributed by atoms with van der Waals surface area (Å²) in [6.45, 7) is 0.211. The molecule has 118 valence electrons. The number of carbonyl (C=O) groups is 1. The van der Waals surface area contributed by atoms with Gasteiger partial charge in [-0.15, -0.1) is 12.4 Å². The Morgan fingerprint density at radius 1 is 1.38 bits per heavy atom. The minimum absolute atomic E-state index is 0. The third-order valence-electron chi connectivity index (χ3n) is 3.91. The van der Waals surface area contributed by atoms with Crippen LogP contribution in [0.1, 0.15) is 37.4 Å². The van der Waals surface area contributed by atoms with Gasteiger partial charge >= 0.3 is 0 Å². The number of aliphatic hydroxyl groups is 1. The standard InChI is InChI=1S/C15H21ClN2O2.ClH/c16-12-6-4-10(5-7-12)14(19)9-18-15(20)8-11-2-1-3-13(11)17;/h4-7,11,13-14,19H,1-3,8-9,17H2,(H,18,20);1H/t11-,13+,14?;/m0./s1. The monoisotopic (exact) mass is 332 g/mol. The second-order valence-electron chi connectivity index (χ2n) is 5.43. The molecule has 0 saturated heterocycles. The van der Waals surface area contributed by atoms with Gasteiger partial charge in [0.25, 0.3) is 0 Å². The van der Waals surface area contributed by atoms with Crippen molar-refractivity contribution in [2.45, 2.75) is 37.8 Å². The first-order valence-corrected chi connectivity index (χ1v) is 7.40. The van der Waals surface area contributed by atoms with Crippen LogP contribution in [0.25, 0.3) is 0 Å². The Hall–Kier alpha value is -0.810. The van der Waals surface area contributed by atoms with E-state index in [0.717, 1.165) is 24.8 Å². The van der Waals surface area contributed by atoms with Crippen LogP contribution in [-0.4, -0.2) is 23.6 Å². The molecule has 0 spiro atoms. The highest BCUT2D eigenvalue weighted by Crippen LogP contribution is 2.26. The molecule has 0 radical (unpaired) electrons. The van der Waals surface area contributed by atoms with E-state index >= 15 is 0 Å². The van der Waals surface area contributed by atoms with E-state index in [-0.39, 0.29) is 36.8 Å². The molecule has 1 amide bonds. The Labute approximate surface area is 136 Å². The summed E-state index contributed by atoms with van der Waals surface area (Å²) in [5, 5.41) is 13.4. The number of rotatable bonds is 5. The quantitative estimate of drug-likeness (QED) is 0.775. The zero-order valence-corrected chi connectivity index (χ0v) is 13.4. The lowest BCUT2D eigenvalue weighted by Gasteiger charge is -2.16. The predicted octanol–water partition coefficient (Wildman–Crippen LogP) is 2.43. The van der Waals surface area contributed by atoms with Gasteiger partial charge in [-0.25, -0.2) is 0 Å². The lowest BCUT2D eigenvalue weighted by molar-refractivity contribution is -0.122. The molecule has 2 rings (SSSR count). The fraction of sp³-hybridized carbons (Fsp3) is 0.533. The summed E-state index contributed by atoms with van der Waals surface area (Å²) >= 11 is 5.79. The van der Waals surface area contributed by atoms with Gasteiger partial charge < -0.3 is 16.2 Å². The molecule has 4 N–H and O–H groups in total. The van der Waals surface area contributed by atoms with Crippen molar-refractivity contribution < 1.29 is 9.90 Å². The minimum Gasteiger partial charge on any atom is -0.387 e. The van der Waals surface area contributed by atoms with Gasteiger partial charge in [-0.3, -0.25) is 4.79 Å². The molecule has 0 heterocycles. The maximum atomic E-state index is 11.8. The van der Waals surface area contributed by atoms with Crippen LogP contribution in [0.15, 0.2) is 24.3 Å². The van der Waals surface area contributed by atoms with Crippen LogP contribution in [0.2, 0.25) is 5.02 Å². The van der Waals surface area contributed by atoms with Crippen molar-refractivity contribution in [2.24, 2.45) is 11.7 Å². The SMILES string of the molecule is Cl.N[C@@H]1CCC[C@H]1CC(=O)NCC(O)c1ccc(Cl)cc1. The Kier molecular flexibility index (Phi) is 7.46. The van der Waals surface area contributed by atoms with Crippen molar-refractivity contribution in [3.8, 4) is 0 Å². The molecule has 0 bridgehead atoms. The molecule has 1 aliphatic carbocycles. The predicted molar refractivity (Wildman–Crippen MR) is 86.6 cm³/mol. The molecule has 1 aliphatic rings. The van der Waals surface area contributed by atoms with Crippen molar-refractivity contribution in [2.75, 3.05) is 6.54 Å². The second-order valence-corrected chi connectivity index (χ2v) is 5.87. The second kappa shape index (κ2) is 8.59. The fourth-order valence-electron chi connectivity index (χ4n) is 2.64. The van der Waals surface area contributed by atoms with E-state index in [1.807, 2.05) is 0 Å². The number of carbonyl (C=O) groups excluding carboxylic acids is 1. The highest BCUT2D eigenvalue weighted by Gasteiger charge is 2.26. The van der Waals surface area contributed by atoms with E-state index in [1.165, 1.54) is 0 Å². The van der Waals surface area contributed by atoms with Crippen LogP contribution >= 0.6 is 24.0 Å². The van der Waals surface area contributed by atoms with Crippen molar-refractivity contribution in [1.29, 1.82) is 0 Å². The van der Waals surface area contributed by atoms with Crippen molar-refractivity contribution >= 4 is 29.9 Å². The van der Waals surface area contributed by atoms with Crippen molar-refractivity contribution in [3.63, 3.8) is 0 Å². The van der Waals surface area contributed by atoms with Gasteiger partial charge in [-0.2, -0.15) is 0 Å². The number of halogens is 2. The van der Waals surface area contributed by atoms with E-state index < -0.39 is 6.10 Å². The molecule has 0 aromatic heterocycles. The molecule has 1 aromatic rings. The molecular weight excluding hydrogens is 311 g/mol. The summed E-state index contributed by atoms with van der Waals surface area (Å²) < 4.78 is 0. The summed E-state index contributed by atoms with van der Waals surface area (Å²) in [4.78, 5) is 11.8. The molecule has 0 aliphatic heterocycles. The normalized spacial score (nSPS) is 22.4. The Morgan fingerprint density at radius 3 is 2.62 bits per heavy atom. The molecule has 4 nitrogen and oxygen atoms in total. The highest BCUT2D eigenvalue weighted by atomic mass is 35.5. The molecule has 1 aromatic carbocycles. The summed E-state index contributed by atoms with van der Waals surface area (Å²) in [7, 11) is 0. The van der Waals surface area contributed by atoms with Crippen LogP contribution in [-0.2, 0) is 4.79 Å². The third-order valence-corrected chi connectivity index (χ3v) is 4.16. The van der Waals surface area contributed by atoms with Crippen molar-refractivity contribution in [1.82, 2.24) is 5.32 Å². The topological polar surface area (TPSA) is 75.4 Å². The van der Waals surface area contributed by atoms with Gasteiger partial charge in [-0.1, -0.05) is 30.2 Å². The lowest BCUT2D eigenvalue weighted by atomic mass is 10.00. The van der Waals surface area contributed by atoms with Gasteiger partial charge in [0, 0.05) is 24.0 Å². The number of nitrogens with one attached hydrogen (secondary N) is 1. The first-order valence-electron chi connectivity index (χ1n) is 7.02. The Morgan fingerprint density at radius 2 is 2.05 bits per heavy atom. The first kappa shape index (κ1) is 18.2. The zero-order valence-electron chi connectivity index (χ0n) is 11.8. The number of benzene rings is 1. The number of aliphatic hydroxyl groups excluding tert-OH is 1. The van der Waals surface area contributed by atoms with Crippen LogP contribution in [0.4, 0.5) is 0 Å². The van der Waals surface area contributed by atoms with E-state index in [2.05, 4.69) is 5.32 Å². The summed E-state index contributed by atoms with van der Waals surface area (Å²) in [6, 6.07) is 7.10. The summed E-state index contributed by atoms with van der Waals surface area (Å²) in [5.74, 6) is 0.239. The zero-order chi connectivity index (χ0) is 14.5. The van der Waals surface area contributed by atoms with Crippen LogP contribution in [0, 0.1) is 5.92 Å². The third kappa shape index (κ3) is 5.47. The van der Waals surface area contributed by atoms with E-state index in [4.69, 9.17) is 17.3 Å². The smallest absolute Gasteiger partial charge is 0.220 e. The van der Waals surface area contributed by atoms with Crippen LogP contribution in [0.3, 0.4) is 0 Å². The number of hydrogen-bond donors (Lipinski definition) is 3. The Bertz CT molecular complexity index is 453. The largest absolute Gasteiger partial charge is 0.387 e. The van der Waals surface area contributed by atoms with Gasteiger partial charge in [0.1, 0.15) is 0 Å². The maximum absolute atomic E-state index is 11.8. The van der Waals surface area contributed by atoms with Gasteiger partial charge in [0.2, 0.25) is 5.91 Å². The van der Waals surface area contributed by atoms with E-state index in [9.17, 15) is 9.90 Å². The first-order chi connectivity index (χ1) is 9.56. The number of nitrogens with two attached hydrogens (primary N) is 1. The number of hydrogen-bond acceptors (Lipinski definition) is 3. The van der Waals surface area contributed by atoms with Crippen LogP contribution in [0.5, 0.6) is 0 Å². The molecule has 3 atom stereocenters. The van der Waals surface area contributed by atoms with E-state index in [1.54, 1.807) is 24.3 Å². The molecular formula is C15H22Cl2N2O2. The Balaban J connectivity index is 0.00000220. The maximum Gasteiger partial charge on any atom is 0.220 e. The molecule has 1 unspecified atom stereocenters. The lowest BCUT2D eigenvalue weighted by Crippen LogP contribution is -2.33. The van der Waals surface area contributed by atoms with Gasteiger partial charge in [0.05, 0.1) is 6.10 Å². The average molecular weight is 333 g/mol. The van der Waals surface area contributed by atoms with Crippen LogP contribution < -0.4 is 11.1 Å².